The zero-order valence-corrected chi connectivity index (χ0v) is 15.3. The van der Waals surface area contributed by atoms with Crippen molar-refractivity contribution in [1.29, 1.82) is 0 Å². The molecule has 1 saturated heterocycles. The molecule has 1 aromatic heterocycles. The summed E-state index contributed by atoms with van der Waals surface area (Å²) in [6.07, 6.45) is 0.654. The van der Waals surface area contributed by atoms with Gasteiger partial charge in [0.2, 0.25) is 0 Å². The third-order valence-electron chi connectivity index (χ3n) is 4.94. The summed E-state index contributed by atoms with van der Waals surface area (Å²) in [5.74, 6) is -2.05. The molecular formula is C19H22FN3O4. The lowest BCUT2D eigenvalue weighted by Gasteiger charge is -2.33. The van der Waals surface area contributed by atoms with Gasteiger partial charge in [-0.05, 0) is 51.0 Å². The van der Waals surface area contributed by atoms with Crippen LogP contribution in [0, 0.1) is 25.1 Å². The van der Waals surface area contributed by atoms with Gasteiger partial charge in [-0.1, -0.05) is 0 Å². The third kappa shape index (κ3) is 3.85. The molecule has 2 heterocycles. The van der Waals surface area contributed by atoms with E-state index in [-0.39, 0.29) is 17.8 Å². The van der Waals surface area contributed by atoms with Crippen molar-refractivity contribution in [2.24, 2.45) is 5.41 Å². The maximum atomic E-state index is 14.5. The molecule has 0 spiro atoms. The van der Waals surface area contributed by atoms with Crippen LogP contribution < -0.4 is 5.32 Å². The molecule has 27 heavy (non-hydrogen) atoms. The first-order valence-electron chi connectivity index (χ1n) is 8.75. The van der Waals surface area contributed by atoms with Crippen LogP contribution in [0.25, 0.3) is 5.69 Å². The Morgan fingerprint density at radius 1 is 1.30 bits per heavy atom. The first-order chi connectivity index (χ1) is 12.8. The molecule has 1 aliphatic rings. The van der Waals surface area contributed by atoms with Crippen LogP contribution >= 0.6 is 0 Å². The monoisotopic (exact) mass is 375 g/mol. The maximum Gasteiger partial charge on any atom is 0.311 e. The van der Waals surface area contributed by atoms with Gasteiger partial charge in [0.05, 0.1) is 11.1 Å². The Morgan fingerprint density at radius 2 is 2.00 bits per heavy atom. The van der Waals surface area contributed by atoms with Crippen LogP contribution in [0.3, 0.4) is 0 Å². The summed E-state index contributed by atoms with van der Waals surface area (Å²) in [6, 6.07) is 5.96. The first-order valence-corrected chi connectivity index (χ1v) is 8.75. The highest BCUT2D eigenvalue weighted by atomic mass is 19.1. The Morgan fingerprint density at radius 3 is 2.56 bits per heavy atom. The lowest BCUT2D eigenvalue weighted by molar-refractivity contribution is -0.154. The number of nitrogens with one attached hydrogen (secondary N) is 1. The Bertz CT molecular complexity index is 872. The number of carboxylic acids is 1. The van der Waals surface area contributed by atoms with Crippen molar-refractivity contribution in [2.45, 2.75) is 26.7 Å². The molecule has 0 atom stereocenters. The molecule has 1 amide bonds. The van der Waals surface area contributed by atoms with E-state index in [2.05, 4.69) is 10.4 Å². The molecule has 1 fully saturated rings. The molecule has 1 aliphatic heterocycles. The van der Waals surface area contributed by atoms with Crippen LogP contribution in [-0.4, -0.2) is 46.5 Å². The highest BCUT2D eigenvalue weighted by Gasteiger charge is 2.40. The lowest BCUT2D eigenvalue weighted by atomic mass is 9.80. The molecule has 144 valence electrons. The minimum atomic E-state index is -1.05. The van der Waals surface area contributed by atoms with E-state index in [4.69, 9.17) is 4.74 Å². The lowest BCUT2D eigenvalue weighted by Crippen LogP contribution is -2.46. The summed E-state index contributed by atoms with van der Waals surface area (Å²) in [7, 11) is 0. The van der Waals surface area contributed by atoms with E-state index in [9.17, 15) is 19.1 Å². The van der Waals surface area contributed by atoms with Crippen LogP contribution in [0.15, 0.2) is 24.3 Å². The number of nitrogens with zero attached hydrogens (tertiary/aromatic N) is 2. The quantitative estimate of drug-likeness (QED) is 0.836. The second-order valence-electron chi connectivity index (χ2n) is 6.89. The number of aromatic nitrogens is 2. The molecule has 0 radical (unpaired) electrons. The van der Waals surface area contributed by atoms with Gasteiger partial charge in [0.15, 0.2) is 0 Å². The number of carbonyl (C=O) groups is 2. The summed E-state index contributed by atoms with van der Waals surface area (Å²) in [4.78, 5) is 24.0. The van der Waals surface area contributed by atoms with Gasteiger partial charge in [-0.2, -0.15) is 5.10 Å². The van der Waals surface area contributed by atoms with Gasteiger partial charge in [0.1, 0.15) is 11.5 Å². The SMILES string of the molecule is Cc1cc(C)n(-c2ccc(C(=O)NCC3(C(=O)O)CCOCC3)cc2F)n1. The number of hydrogen-bond acceptors (Lipinski definition) is 4. The van der Waals surface area contributed by atoms with Gasteiger partial charge in [0, 0.05) is 31.0 Å². The van der Waals surface area contributed by atoms with E-state index in [0.29, 0.717) is 26.1 Å². The number of rotatable bonds is 5. The smallest absolute Gasteiger partial charge is 0.311 e. The van der Waals surface area contributed by atoms with Crippen LogP contribution in [0.4, 0.5) is 4.39 Å². The third-order valence-corrected chi connectivity index (χ3v) is 4.94. The van der Waals surface area contributed by atoms with E-state index in [1.165, 1.54) is 16.8 Å². The van der Waals surface area contributed by atoms with Gasteiger partial charge in [-0.15, -0.1) is 0 Å². The Labute approximate surface area is 156 Å². The van der Waals surface area contributed by atoms with Gasteiger partial charge >= 0.3 is 5.97 Å². The number of benzene rings is 1. The number of carboxylic acid groups (broad SMARTS) is 1. The second-order valence-corrected chi connectivity index (χ2v) is 6.89. The molecule has 3 rings (SSSR count). The largest absolute Gasteiger partial charge is 0.481 e. The number of halogens is 1. The predicted octanol–water partition coefficient (Wildman–Crippen LogP) is 2.24. The molecule has 8 heteroatoms. The second kappa shape index (κ2) is 7.48. The molecular weight excluding hydrogens is 353 g/mol. The fraction of sp³-hybridized carbons (Fsp3) is 0.421. The van der Waals surface area contributed by atoms with Crippen molar-refractivity contribution in [2.75, 3.05) is 19.8 Å². The van der Waals surface area contributed by atoms with Crippen molar-refractivity contribution in [3.63, 3.8) is 0 Å². The number of amides is 1. The van der Waals surface area contributed by atoms with Crippen molar-refractivity contribution in [3.8, 4) is 5.69 Å². The highest BCUT2D eigenvalue weighted by Crippen LogP contribution is 2.30. The van der Waals surface area contributed by atoms with E-state index < -0.39 is 23.1 Å². The summed E-state index contributed by atoms with van der Waals surface area (Å²) >= 11 is 0. The van der Waals surface area contributed by atoms with E-state index in [1.807, 2.05) is 19.9 Å². The van der Waals surface area contributed by atoms with E-state index in [1.54, 1.807) is 0 Å². The van der Waals surface area contributed by atoms with Crippen molar-refractivity contribution < 1.29 is 23.8 Å². The fourth-order valence-corrected chi connectivity index (χ4v) is 3.27. The van der Waals surface area contributed by atoms with Crippen molar-refractivity contribution in [1.82, 2.24) is 15.1 Å². The average molecular weight is 375 g/mol. The van der Waals surface area contributed by atoms with Crippen LogP contribution in [0.2, 0.25) is 0 Å². The summed E-state index contributed by atoms with van der Waals surface area (Å²) < 4.78 is 21.2. The Balaban J connectivity index is 1.74. The molecule has 1 aromatic carbocycles. The molecule has 2 N–H and O–H groups in total. The maximum absolute atomic E-state index is 14.5. The van der Waals surface area contributed by atoms with Crippen LogP contribution in [-0.2, 0) is 9.53 Å². The molecule has 2 aromatic rings. The number of aliphatic carboxylic acids is 1. The summed E-state index contributed by atoms with van der Waals surface area (Å²) in [5, 5.41) is 16.4. The Hall–Kier alpha value is -2.74. The number of ether oxygens (including phenoxy) is 1. The number of hydrogen-bond donors (Lipinski definition) is 2. The number of carbonyl (C=O) groups excluding carboxylic acids is 1. The minimum Gasteiger partial charge on any atom is -0.481 e. The molecule has 0 bridgehead atoms. The van der Waals surface area contributed by atoms with Gasteiger partial charge in [-0.3, -0.25) is 9.59 Å². The molecule has 7 nitrogen and oxygen atoms in total. The number of aryl methyl sites for hydroxylation is 2. The topological polar surface area (TPSA) is 93.5 Å². The van der Waals surface area contributed by atoms with Crippen LogP contribution in [0.5, 0.6) is 0 Å². The molecule has 0 aliphatic carbocycles. The highest BCUT2D eigenvalue weighted by molar-refractivity contribution is 5.94. The summed E-state index contributed by atoms with van der Waals surface area (Å²) in [6.45, 7) is 4.30. The van der Waals surface area contributed by atoms with E-state index >= 15 is 0 Å². The minimum absolute atomic E-state index is 0.0225. The molecule has 0 saturated carbocycles. The molecule has 0 unspecified atom stereocenters. The first kappa shape index (κ1) is 19.0. The predicted molar refractivity (Wildman–Crippen MR) is 95.5 cm³/mol. The van der Waals surface area contributed by atoms with Crippen LogP contribution in [0.1, 0.15) is 34.6 Å². The zero-order valence-electron chi connectivity index (χ0n) is 15.3. The Kier molecular flexibility index (Phi) is 5.27. The van der Waals surface area contributed by atoms with Gasteiger partial charge < -0.3 is 15.2 Å². The van der Waals surface area contributed by atoms with Crippen molar-refractivity contribution in [3.05, 3.63) is 47.0 Å². The van der Waals surface area contributed by atoms with Crippen molar-refractivity contribution >= 4 is 11.9 Å². The van der Waals surface area contributed by atoms with Gasteiger partial charge in [-0.25, -0.2) is 9.07 Å². The standard InChI is InChI=1S/C19H22FN3O4/c1-12-9-13(2)23(22-12)16-4-3-14(10-15(16)20)17(24)21-11-19(18(25)26)5-7-27-8-6-19/h3-4,9-10H,5-8,11H2,1-2H3,(H,21,24)(H,25,26). The van der Waals surface area contributed by atoms with Gasteiger partial charge in [0.25, 0.3) is 5.91 Å². The normalized spacial score (nSPS) is 16.1. The van der Waals surface area contributed by atoms with E-state index in [0.717, 1.165) is 17.5 Å². The fourth-order valence-electron chi connectivity index (χ4n) is 3.27. The summed E-state index contributed by atoms with van der Waals surface area (Å²) in [5.41, 5.74) is 0.889. The zero-order chi connectivity index (χ0) is 19.6. The average Bonchev–Trinajstić information content (AvgIpc) is 2.98.